The summed E-state index contributed by atoms with van der Waals surface area (Å²) in [4.78, 5) is 11.5. The Morgan fingerprint density at radius 2 is 1.35 bits per heavy atom. The Balaban J connectivity index is 3.36. The van der Waals surface area contributed by atoms with Gasteiger partial charge in [-0.05, 0) is 20.3 Å². The van der Waals surface area contributed by atoms with E-state index < -0.39 is 11.9 Å². The van der Waals surface area contributed by atoms with Gasteiger partial charge in [-0.25, -0.2) is 0 Å². The van der Waals surface area contributed by atoms with Crippen LogP contribution in [0.4, 0.5) is 0 Å². The number of carbonyl (C=O) groups excluding carboxylic acids is 1. The number of rotatable bonds is 15. The third-order valence-electron chi connectivity index (χ3n) is 3.93. The summed E-state index contributed by atoms with van der Waals surface area (Å²) in [7, 11) is 0. The van der Waals surface area contributed by atoms with Gasteiger partial charge in [0, 0.05) is 12.8 Å². The molecule has 0 heterocycles. The lowest BCUT2D eigenvalue weighted by atomic mass is 10.1. The highest BCUT2D eigenvalue weighted by atomic mass is 16.6. The van der Waals surface area contributed by atoms with E-state index in [4.69, 9.17) is 4.74 Å². The molecule has 4 heteroatoms. The number of aliphatic hydroxyl groups is 2. The molecular formula is C19H38O4. The highest BCUT2D eigenvalue weighted by Gasteiger charge is 2.21. The van der Waals surface area contributed by atoms with Crippen molar-refractivity contribution in [1.29, 1.82) is 0 Å². The van der Waals surface area contributed by atoms with Gasteiger partial charge in [0.15, 0.2) is 0 Å². The SMILES string of the molecule is CCCCCCCCCCCCCC(=O)OC(O)CC(C)(C)O. The molecule has 0 aromatic carbocycles. The van der Waals surface area contributed by atoms with Gasteiger partial charge in [-0.15, -0.1) is 0 Å². The van der Waals surface area contributed by atoms with Crippen LogP contribution in [-0.2, 0) is 9.53 Å². The summed E-state index contributed by atoms with van der Waals surface area (Å²) in [5.74, 6) is -0.377. The molecule has 0 amide bonds. The quantitative estimate of drug-likeness (QED) is 0.259. The predicted molar refractivity (Wildman–Crippen MR) is 94.1 cm³/mol. The molecular weight excluding hydrogens is 292 g/mol. The first-order chi connectivity index (χ1) is 10.8. The maximum atomic E-state index is 11.5. The number of unbranched alkanes of at least 4 members (excludes halogenated alkanes) is 10. The van der Waals surface area contributed by atoms with Crippen LogP contribution in [0.25, 0.3) is 0 Å². The number of carbonyl (C=O) groups is 1. The molecule has 0 rings (SSSR count). The molecule has 0 spiro atoms. The molecule has 0 aromatic rings. The monoisotopic (exact) mass is 330 g/mol. The maximum Gasteiger partial charge on any atom is 0.308 e. The Hall–Kier alpha value is -0.610. The van der Waals surface area contributed by atoms with E-state index >= 15 is 0 Å². The molecule has 0 aliphatic carbocycles. The molecule has 1 atom stereocenters. The van der Waals surface area contributed by atoms with E-state index in [1.807, 2.05) is 0 Å². The second kappa shape index (κ2) is 13.8. The van der Waals surface area contributed by atoms with Gasteiger partial charge in [0.05, 0.1) is 5.60 Å². The second-order valence-corrected chi connectivity index (χ2v) is 7.25. The van der Waals surface area contributed by atoms with E-state index in [-0.39, 0.29) is 12.4 Å². The Morgan fingerprint density at radius 3 is 1.78 bits per heavy atom. The van der Waals surface area contributed by atoms with Gasteiger partial charge in [-0.1, -0.05) is 71.1 Å². The summed E-state index contributed by atoms with van der Waals surface area (Å²) in [6.45, 7) is 5.39. The molecule has 0 aromatic heterocycles. The standard InChI is InChI=1S/C19H38O4/c1-4-5-6-7-8-9-10-11-12-13-14-15-17(20)23-18(21)16-19(2,3)22/h18,21-22H,4-16H2,1-3H3. The van der Waals surface area contributed by atoms with Gasteiger partial charge >= 0.3 is 5.97 Å². The van der Waals surface area contributed by atoms with E-state index in [0.29, 0.717) is 6.42 Å². The van der Waals surface area contributed by atoms with Crippen LogP contribution in [0.5, 0.6) is 0 Å². The molecule has 1 unspecified atom stereocenters. The number of hydrogen-bond acceptors (Lipinski definition) is 4. The lowest BCUT2D eigenvalue weighted by molar-refractivity contribution is -0.175. The zero-order valence-corrected chi connectivity index (χ0v) is 15.5. The minimum absolute atomic E-state index is 0.0387. The van der Waals surface area contributed by atoms with Crippen molar-refractivity contribution in [2.45, 2.75) is 116 Å². The van der Waals surface area contributed by atoms with E-state index in [1.54, 1.807) is 13.8 Å². The summed E-state index contributed by atoms with van der Waals surface area (Å²) in [6, 6.07) is 0. The molecule has 138 valence electrons. The van der Waals surface area contributed by atoms with Crippen molar-refractivity contribution in [3.05, 3.63) is 0 Å². The molecule has 0 saturated heterocycles. The van der Waals surface area contributed by atoms with Crippen molar-refractivity contribution in [2.75, 3.05) is 0 Å². The average molecular weight is 331 g/mol. The molecule has 0 bridgehead atoms. The molecule has 0 aliphatic heterocycles. The fourth-order valence-electron chi connectivity index (χ4n) is 2.61. The average Bonchev–Trinajstić information content (AvgIpc) is 2.42. The number of hydrogen-bond donors (Lipinski definition) is 2. The lowest BCUT2D eigenvalue weighted by Crippen LogP contribution is -2.29. The highest BCUT2D eigenvalue weighted by Crippen LogP contribution is 2.14. The largest absolute Gasteiger partial charge is 0.436 e. The Labute approximate surface area is 142 Å². The van der Waals surface area contributed by atoms with E-state index in [1.165, 1.54) is 51.4 Å². The van der Waals surface area contributed by atoms with Crippen molar-refractivity contribution < 1.29 is 19.7 Å². The normalized spacial score (nSPS) is 13.1. The van der Waals surface area contributed by atoms with Crippen molar-refractivity contribution in [2.24, 2.45) is 0 Å². The topological polar surface area (TPSA) is 66.8 Å². The van der Waals surface area contributed by atoms with Crippen LogP contribution >= 0.6 is 0 Å². The number of ether oxygens (including phenoxy) is 1. The van der Waals surface area contributed by atoms with E-state index in [9.17, 15) is 15.0 Å². The van der Waals surface area contributed by atoms with Crippen LogP contribution < -0.4 is 0 Å². The summed E-state index contributed by atoms with van der Waals surface area (Å²) >= 11 is 0. The Kier molecular flexibility index (Phi) is 13.4. The van der Waals surface area contributed by atoms with Crippen LogP contribution in [0.3, 0.4) is 0 Å². The lowest BCUT2D eigenvalue weighted by Gasteiger charge is -2.21. The van der Waals surface area contributed by atoms with Gasteiger partial charge in [-0.3, -0.25) is 4.79 Å². The van der Waals surface area contributed by atoms with E-state index in [2.05, 4.69) is 6.92 Å². The minimum Gasteiger partial charge on any atom is -0.436 e. The summed E-state index contributed by atoms with van der Waals surface area (Å²) < 4.78 is 4.87. The van der Waals surface area contributed by atoms with Crippen LogP contribution in [0.2, 0.25) is 0 Å². The summed E-state index contributed by atoms with van der Waals surface area (Å²) in [5, 5.41) is 19.1. The molecule has 0 aliphatic rings. The van der Waals surface area contributed by atoms with Gasteiger partial charge in [-0.2, -0.15) is 0 Å². The van der Waals surface area contributed by atoms with E-state index in [0.717, 1.165) is 19.3 Å². The highest BCUT2D eigenvalue weighted by molar-refractivity contribution is 5.69. The Bertz CT molecular complexity index is 284. The third-order valence-corrected chi connectivity index (χ3v) is 3.93. The maximum absolute atomic E-state index is 11.5. The molecule has 0 saturated carbocycles. The molecule has 23 heavy (non-hydrogen) atoms. The van der Waals surface area contributed by atoms with Gasteiger partial charge in [0.2, 0.25) is 6.29 Å². The molecule has 2 N–H and O–H groups in total. The van der Waals surface area contributed by atoms with Crippen molar-refractivity contribution in [3.63, 3.8) is 0 Å². The number of esters is 1. The first kappa shape index (κ1) is 22.4. The molecule has 0 fully saturated rings. The van der Waals surface area contributed by atoms with Crippen molar-refractivity contribution >= 4 is 5.97 Å². The first-order valence-electron chi connectivity index (χ1n) is 9.45. The smallest absolute Gasteiger partial charge is 0.308 e. The zero-order valence-electron chi connectivity index (χ0n) is 15.5. The fourth-order valence-corrected chi connectivity index (χ4v) is 2.61. The fraction of sp³-hybridized carbons (Fsp3) is 0.947. The minimum atomic E-state index is -1.21. The Morgan fingerprint density at radius 1 is 0.913 bits per heavy atom. The third kappa shape index (κ3) is 17.6. The van der Waals surface area contributed by atoms with Crippen molar-refractivity contribution in [3.8, 4) is 0 Å². The second-order valence-electron chi connectivity index (χ2n) is 7.25. The first-order valence-corrected chi connectivity index (χ1v) is 9.45. The zero-order chi connectivity index (χ0) is 17.6. The van der Waals surface area contributed by atoms with Gasteiger partial charge < -0.3 is 14.9 Å². The van der Waals surface area contributed by atoms with Gasteiger partial charge in [0.1, 0.15) is 0 Å². The summed E-state index contributed by atoms with van der Waals surface area (Å²) in [5.41, 5.74) is -1.03. The van der Waals surface area contributed by atoms with Crippen LogP contribution in [0, 0.1) is 0 Å². The van der Waals surface area contributed by atoms with Crippen molar-refractivity contribution in [1.82, 2.24) is 0 Å². The van der Waals surface area contributed by atoms with Crippen LogP contribution in [-0.4, -0.2) is 28.1 Å². The van der Waals surface area contributed by atoms with Gasteiger partial charge in [0.25, 0.3) is 0 Å². The summed E-state index contributed by atoms with van der Waals surface area (Å²) in [6.07, 6.45) is 12.8. The molecule has 0 radical (unpaired) electrons. The van der Waals surface area contributed by atoms with Crippen LogP contribution in [0.15, 0.2) is 0 Å². The van der Waals surface area contributed by atoms with Crippen LogP contribution in [0.1, 0.15) is 104 Å². The number of aliphatic hydroxyl groups excluding tert-OH is 1. The molecule has 4 nitrogen and oxygen atoms in total. The predicted octanol–water partition coefficient (Wildman–Crippen LogP) is 4.71.